The maximum absolute atomic E-state index is 13.0. The number of piperidine rings is 1. The lowest BCUT2D eigenvalue weighted by Gasteiger charge is -2.32. The van der Waals surface area contributed by atoms with E-state index in [1.54, 1.807) is 32.7 Å². The summed E-state index contributed by atoms with van der Waals surface area (Å²) >= 11 is 0. The number of benzene rings is 1. The molecule has 4 rings (SSSR count). The van der Waals surface area contributed by atoms with Crippen LogP contribution in [-0.4, -0.2) is 53.1 Å². The lowest BCUT2D eigenvalue weighted by atomic mass is 9.96. The summed E-state index contributed by atoms with van der Waals surface area (Å²) in [5.74, 6) is 1.87. The molecule has 1 aromatic carbocycles. The second kappa shape index (κ2) is 9.64. The van der Waals surface area contributed by atoms with E-state index in [4.69, 9.17) is 14.5 Å². The van der Waals surface area contributed by atoms with Crippen molar-refractivity contribution >= 4 is 5.91 Å². The highest BCUT2D eigenvalue weighted by atomic mass is 16.5. The molecule has 166 valence electrons. The molecular formula is C24H26N4O4. The predicted octanol–water partition coefficient (Wildman–Crippen LogP) is 2.80. The van der Waals surface area contributed by atoms with Crippen molar-refractivity contribution in [2.45, 2.75) is 25.2 Å². The third-order valence-electron chi connectivity index (χ3n) is 5.70. The molecule has 1 aliphatic heterocycles. The quantitative estimate of drug-likeness (QED) is 0.641. The van der Waals surface area contributed by atoms with Crippen LogP contribution < -0.4 is 15.0 Å². The van der Waals surface area contributed by atoms with Gasteiger partial charge in [0.2, 0.25) is 5.91 Å². The van der Waals surface area contributed by atoms with E-state index in [2.05, 4.69) is 9.97 Å². The number of hydrogen-bond acceptors (Lipinski definition) is 6. The number of rotatable bonds is 6. The van der Waals surface area contributed by atoms with Crippen molar-refractivity contribution < 1.29 is 14.3 Å². The molecule has 3 aromatic rings. The van der Waals surface area contributed by atoms with Gasteiger partial charge in [0.25, 0.3) is 5.56 Å². The van der Waals surface area contributed by atoms with Gasteiger partial charge < -0.3 is 19.4 Å². The first-order valence-corrected chi connectivity index (χ1v) is 10.6. The van der Waals surface area contributed by atoms with E-state index >= 15 is 0 Å². The predicted molar refractivity (Wildman–Crippen MR) is 120 cm³/mol. The Morgan fingerprint density at radius 2 is 1.91 bits per heavy atom. The molecule has 1 saturated heterocycles. The number of carbonyl (C=O) groups excluding carboxylic acids is 1. The molecule has 0 aliphatic carbocycles. The molecule has 1 N–H and O–H groups in total. The van der Waals surface area contributed by atoms with Crippen LogP contribution in [0.5, 0.6) is 11.5 Å². The van der Waals surface area contributed by atoms with Crippen molar-refractivity contribution in [3.8, 4) is 22.8 Å². The van der Waals surface area contributed by atoms with Gasteiger partial charge in [0.15, 0.2) is 11.5 Å². The zero-order valence-corrected chi connectivity index (χ0v) is 18.2. The molecule has 0 saturated carbocycles. The molecular weight excluding hydrogens is 408 g/mol. The minimum Gasteiger partial charge on any atom is -0.493 e. The standard InChI is InChI=1S/C24H26N4O4/c1-31-20-6-5-16(12-21(20)32-2)13-23(30)28-11-3-4-18(15-28)24-26-19(14-22(29)27-24)17-7-9-25-10-8-17/h5-10,12,14,18H,3-4,11,13,15H2,1-2H3,(H,26,27,29)/t18-/m0/s1. The topological polar surface area (TPSA) is 97.4 Å². The van der Waals surface area contributed by atoms with Crippen LogP contribution >= 0.6 is 0 Å². The van der Waals surface area contributed by atoms with E-state index in [1.165, 1.54) is 6.07 Å². The van der Waals surface area contributed by atoms with Crippen molar-refractivity contribution in [3.63, 3.8) is 0 Å². The zero-order chi connectivity index (χ0) is 22.5. The number of likely N-dealkylation sites (tertiary alicyclic amines) is 1. The summed E-state index contributed by atoms with van der Waals surface area (Å²) in [7, 11) is 3.16. The van der Waals surface area contributed by atoms with Crippen LogP contribution in [0.2, 0.25) is 0 Å². The molecule has 32 heavy (non-hydrogen) atoms. The fourth-order valence-corrected chi connectivity index (χ4v) is 4.04. The van der Waals surface area contributed by atoms with Crippen LogP contribution in [0.25, 0.3) is 11.3 Å². The fourth-order valence-electron chi connectivity index (χ4n) is 4.04. The van der Waals surface area contributed by atoms with Gasteiger partial charge in [0, 0.05) is 43.0 Å². The van der Waals surface area contributed by atoms with Gasteiger partial charge in [0.05, 0.1) is 26.3 Å². The smallest absolute Gasteiger partial charge is 0.251 e. The number of H-pyrrole nitrogens is 1. The number of amides is 1. The average molecular weight is 434 g/mol. The molecule has 8 nitrogen and oxygen atoms in total. The first kappa shape index (κ1) is 21.5. The van der Waals surface area contributed by atoms with Gasteiger partial charge in [-0.1, -0.05) is 6.07 Å². The molecule has 0 unspecified atom stereocenters. The maximum Gasteiger partial charge on any atom is 0.251 e. The Balaban J connectivity index is 1.50. The van der Waals surface area contributed by atoms with Gasteiger partial charge in [-0.05, 0) is 42.7 Å². The van der Waals surface area contributed by atoms with E-state index in [0.29, 0.717) is 36.1 Å². The average Bonchev–Trinajstić information content (AvgIpc) is 2.84. The number of hydrogen-bond donors (Lipinski definition) is 1. The highest BCUT2D eigenvalue weighted by molar-refractivity contribution is 5.79. The first-order chi connectivity index (χ1) is 15.6. The zero-order valence-electron chi connectivity index (χ0n) is 18.2. The largest absolute Gasteiger partial charge is 0.493 e. The molecule has 0 spiro atoms. The number of aromatic amines is 1. The van der Waals surface area contributed by atoms with Crippen LogP contribution in [0.1, 0.15) is 30.1 Å². The third-order valence-corrected chi connectivity index (χ3v) is 5.70. The van der Waals surface area contributed by atoms with Crippen molar-refractivity contribution in [3.05, 3.63) is 70.5 Å². The van der Waals surface area contributed by atoms with Gasteiger partial charge in [-0.15, -0.1) is 0 Å². The molecule has 1 fully saturated rings. The number of methoxy groups -OCH3 is 2. The summed E-state index contributed by atoms with van der Waals surface area (Å²) in [4.78, 5) is 38.7. The van der Waals surface area contributed by atoms with Gasteiger partial charge in [-0.25, -0.2) is 4.98 Å². The SMILES string of the molecule is COc1ccc(CC(=O)N2CCC[C@H](c3nc(-c4ccncc4)cc(=O)[nH]3)C2)cc1OC. The Labute approximate surface area is 186 Å². The first-order valence-electron chi connectivity index (χ1n) is 10.6. The number of carbonyl (C=O) groups is 1. The maximum atomic E-state index is 13.0. The van der Waals surface area contributed by atoms with Crippen LogP contribution in [-0.2, 0) is 11.2 Å². The molecule has 3 heterocycles. The Hall–Kier alpha value is -3.68. The second-order valence-corrected chi connectivity index (χ2v) is 7.80. The summed E-state index contributed by atoms with van der Waals surface area (Å²) in [5.41, 5.74) is 2.11. The number of pyridine rings is 1. The summed E-state index contributed by atoms with van der Waals surface area (Å²) in [6.45, 7) is 1.21. The third kappa shape index (κ3) is 4.80. The van der Waals surface area contributed by atoms with E-state index < -0.39 is 0 Å². The Bertz CT molecular complexity index is 1150. The summed E-state index contributed by atoms with van der Waals surface area (Å²) < 4.78 is 10.6. The number of aromatic nitrogens is 3. The number of nitrogens with zero attached hydrogens (tertiary/aromatic N) is 3. The van der Waals surface area contributed by atoms with E-state index in [0.717, 1.165) is 24.0 Å². The molecule has 1 aliphatic rings. The van der Waals surface area contributed by atoms with Gasteiger partial charge in [-0.3, -0.25) is 14.6 Å². The van der Waals surface area contributed by atoms with Crippen LogP contribution in [0.4, 0.5) is 0 Å². The lowest BCUT2D eigenvalue weighted by molar-refractivity contribution is -0.131. The van der Waals surface area contributed by atoms with Crippen LogP contribution in [0, 0.1) is 0 Å². The van der Waals surface area contributed by atoms with E-state index in [-0.39, 0.29) is 23.8 Å². The normalized spacial score (nSPS) is 15.9. The molecule has 8 heteroatoms. The van der Waals surface area contributed by atoms with Crippen molar-refractivity contribution in [1.82, 2.24) is 19.9 Å². The van der Waals surface area contributed by atoms with Gasteiger partial charge in [-0.2, -0.15) is 0 Å². The van der Waals surface area contributed by atoms with E-state index in [9.17, 15) is 9.59 Å². The lowest BCUT2D eigenvalue weighted by Crippen LogP contribution is -2.40. The second-order valence-electron chi connectivity index (χ2n) is 7.80. The van der Waals surface area contributed by atoms with Crippen molar-refractivity contribution in [1.29, 1.82) is 0 Å². The molecule has 1 atom stereocenters. The van der Waals surface area contributed by atoms with E-state index in [1.807, 2.05) is 29.2 Å². The molecule has 2 aromatic heterocycles. The van der Waals surface area contributed by atoms with Gasteiger partial charge >= 0.3 is 0 Å². The highest BCUT2D eigenvalue weighted by Crippen LogP contribution is 2.29. The number of nitrogens with one attached hydrogen (secondary N) is 1. The highest BCUT2D eigenvalue weighted by Gasteiger charge is 2.27. The fraction of sp³-hybridized carbons (Fsp3) is 0.333. The molecule has 0 bridgehead atoms. The van der Waals surface area contributed by atoms with Crippen molar-refractivity contribution in [2.24, 2.45) is 0 Å². The molecule has 1 amide bonds. The van der Waals surface area contributed by atoms with Crippen LogP contribution in [0.15, 0.2) is 53.6 Å². The van der Waals surface area contributed by atoms with Gasteiger partial charge in [0.1, 0.15) is 5.82 Å². The Morgan fingerprint density at radius 1 is 1.12 bits per heavy atom. The minimum absolute atomic E-state index is 0.0207. The summed E-state index contributed by atoms with van der Waals surface area (Å²) in [5, 5.41) is 0. The van der Waals surface area contributed by atoms with Crippen LogP contribution in [0.3, 0.4) is 0 Å². The summed E-state index contributed by atoms with van der Waals surface area (Å²) in [6, 6.07) is 10.6. The Kier molecular flexibility index (Phi) is 6.49. The summed E-state index contributed by atoms with van der Waals surface area (Å²) in [6.07, 6.45) is 5.34. The minimum atomic E-state index is -0.199. The number of ether oxygens (including phenoxy) is 2. The monoisotopic (exact) mass is 434 g/mol. The van der Waals surface area contributed by atoms with Crippen molar-refractivity contribution in [2.75, 3.05) is 27.3 Å². The Morgan fingerprint density at radius 3 is 2.66 bits per heavy atom. The molecule has 0 radical (unpaired) electrons.